The maximum atomic E-state index is 11.6. The van der Waals surface area contributed by atoms with Crippen molar-refractivity contribution in [1.29, 1.82) is 0 Å². The van der Waals surface area contributed by atoms with E-state index in [9.17, 15) is 4.79 Å². The minimum absolute atomic E-state index is 0.195. The summed E-state index contributed by atoms with van der Waals surface area (Å²) in [5.41, 5.74) is 1.95. The van der Waals surface area contributed by atoms with E-state index in [-0.39, 0.29) is 6.01 Å². The van der Waals surface area contributed by atoms with Crippen LogP contribution in [0, 0.1) is 0 Å². The standard InChI is InChI=1S/C17H12Cl4N4O2/c1-27-17-23-15(9-2-7-12(18)13(19)8-9)25(24-17)11-5-3-10(4-6-11)22-16(26)14(20)21/h2-8,14H,1H3,(H,22,26). The Morgan fingerprint density at radius 3 is 2.41 bits per heavy atom. The number of hydrogen-bond acceptors (Lipinski definition) is 4. The van der Waals surface area contributed by atoms with Gasteiger partial charge >= 0.3 is 6.01 Å². The number of nitrogens with one attached hydrogen (secondary N) is 1. The van der Waals surface area contributed by atoms with E-state index in [2.05, 4.69) is 15.4 Å². The van der Waals surface area contributed by atoms with Gasteiger partial charge in [0.2, 0.25) is 0 Å². The number of methoxy groups -OCH3 is 1. The zero-order valence-electron chi connectivity index (χ0n) is 13.8. The SMILES string of the molecule is COc1nc(-c2ccc(Cl)c(Cl)c2)n(-c2ccc(NC(=O)C(Cl)Cl)cc2)n1. The monoisotopic (exact) mass is 444 g/mol. The number of rotatable bonds is 5. The Hall–Kier alpha value is -1.99. The number of aromatic nitrogens is 3. The lowest BCUT2D eigenvalue weighted by Crippen LogP contribution is -2.18. The lowest BCUT2D eigenvalue weighted by Gasteiger charge is -2.09. The van der Waals surface area contributed by atoms with E-state index in [1.807, 2.05) is 0 Å². The first-order valence-electron chi connectivity index (χ1n) is 7.55. The van der Waals surface area contributed by atoms with Gasteiger partial charge < -0.3 is 10.1 Å². The van der Waals surface area contributed by atoms with Crippen LogP contribution in [-0.2, 0) is 4.79 Å². The van der Waals surface area contributed by atoms with Crippen LogP contribution in [0.2, 0.25) is 10.0 Å². The van der Waals surface area contributed by atoms with Gasteiger partial charge in [-0.3, -0.25) is 4.79 Å². The number of benzene rings is 2. The molecule has 0 bridgehead atoms. The summed E-state index contributed by atoms with van der Waals surface area (Å²) >= 11 is 23.2. The fourth-order valence-electron chi connectivity index (χ4n) is 2.26. The highest BCUT2D eigenvalue weighted by Gasteiger charge is 2.16. The minimum atomic E-state index is -1.15. The molecule has 6 nitrogen and oxygen atoms in total. The molecule has 0 saturated heterocycles. The van der Waals surface area contributed by atoms with Crippen LogP contribution in [0.5, 0.6) is 6.01 Å². The van der Waals surface area contributed by atoms with Gasteiger partial charge in [-0.05, 0) is 42.5 Å². The fraction of sp³-hybridized carbons (Fsp3) is 0.118. The second-order valence-corrected chi connectivity index (χ2v) is 7.21. The Kier molecular flexibility index (Phi) is 6.11. The third-order valence-electron chi connectivity index (χ3n) is 3.53. The zero-order chi connectivity index (χ0) is 19.6. The summed E-state index contributed by atoms with van der Waals surface area (Å²) in [7, 11) is 1.48. The van der Waals surface area contributed by atoms with Crippen LogP contribution >= 0.6 is 46.4 Å². The molecule has 0 saturated carbocycles. The molecule has 10 heteroatoms. The molecule has 1 amide bonds. The van der Waals surface area contributed by atoms with Crippen molar-refractivity contribution in [3.8, 4) is 23.1 Å². The van der Waals surface area contributed by atoms with Crippen molar-refractivity contribution in [2.75, 3.05) is 12.4 Å². The fourth-order valence-corrected chi connectivity index (χ4v) is 2.67. The van der Waals surface area contributed by atoms with Crippen molar-refractivity contribution < 1.29 is 9.53 Å². The summed E-state index contributed by atoms with van der Waals surface area (Å²) in [5, 5.41) is 7.76. The topological polar surface area (TPSA) is 69.0 Å². The van der Waals surface area contributed by atoms with Gasteiger partial charge in [-0.15, -0.1) is 5.10 Å². The van der Waals surface area contributed by atoms with Gasteiger partial charge in [0.15, 0.2) is 10.7 Å². The van der Waals surface area contributed by atoms with Gasteiger partial charge in [0, 0.05) is 11.3 Å². The van der Waals surface area contributed by atoms with E-state index in [1.54, 1.807) is 47.1 Å². The van der Waals surface area contributed by atoms with Crippen molar-refractivity contribution in [2.24, 2.45) is 0 Å². The van der Waals surface area contributed by atoms with Crippen LogP contribution in [-0.4, -0.2) is 32.6 Å². The van der Waals surface area contributed by atoms with Crippen molar-refractivity contribution in [3.05, 3.63) is 52.5 Å². The third kappa shape index (κ3) is 4.47. The second-order valence-electron chi connectivity index (χ2n) is 5.30. The van der Waals surface area contributed by atoms with E-state index < -0.39 is 10.7 Å². The van der Waals surface area contributed by atoms with E-state index >= 15 is 0 Å². The first-order valence-corrected chi connectivity index (χ1v) is 9.18. The zero-order valence-corrected chi connectivity index (χ0v) is 16.8. The maximum absolute atomic E-state index is 11.6. The van der Waals surface area contributed by atoms with E-state index in [0.29, 0.717) is 32.8 Å². The number of alkyl halides is 2. The van der Waals surface area contributed by atoms with Crippen LogP contribution in [0.4, 0.5) is 5.69 Å². The van der Waals surface area contributed by atoms with E-state index in [1.165, 1.54) is 7.11 Å². The van der Waals surface area contributed by atoms with E-state index in [4.69, 9.17) is 51.1 Å². The normalized spacial score (nSPS) is 10.9. The molecule has 0 atom stereocenters. The van der Waals surface area contributed by atoms with Crippen LogP contribution in [0.25, 0.3) is 17.1 Å². The highest BCUT2D eigenvalue weighted by molar-refractivity contribution is 6.54. The van der Waals surface area contributed by atoms with Crippen molar-refractivity contribution in [3.63, 3.8) is 0 Å². The average molecular weight is 446 g/mol. The third-order valence-corrected chi connectivity index (χ3v) is 4.66. The predicted molar refractivity (Wildman–Crippen MR) is 107 cm³/mol. The molecule has 0 aliphatic carbocycles. The molecule has 0 fully saturated rings. The van der Waals surface area contributed by atoms with Crippen molar-refractivity contribution in [2.45, 2.75) is 4.84 Å². The van der Waals surface area contributed by atoms with Gasteiger partial charge in [0.05, 0.1) is 22.8 Å². The molecule has 0 unspecified atom stereocenters. The first-order chi connectivity index (χ1) is 12.9. The summed E-state index contributed by atoms with van der Waals surface area (Å²) in [4.78, 5) is 14.8. The molecule has 1 heterocycles. The van der Waals surface area contributed by atoms with Crippen LogP contribution in [0.1, 0.15) is 0 Å². The number of carbonyl (C=O) groups is 1. The number of halogens is 4. The highest BCUT2D eigenvalue weighted by Crippen LogP contribution is 2.30. The molecule has 27 heavy (non-hydrogen) atoms. The molecule has 2 aromatic carbocycles. The number of hydrogen-bond donors (Lipinski definition) is 1. The summed E-state index contributed by atoms with van der Waals surface area (Å²) in [6, 6.07) is 12.2. The maximum Gasteiger partial charge on any atom is 0.336 e. The predicted octanol–water partition coefficient (Wildman–Crippen LogP) is 4.99. The second kappa shape index (κ2) is 8.35. The summed E-state index contributed by atoms with van der Waals surface area (Å²) in [5.74, 6) is 0.00814. The summed E-state index contributed by atoms with van der Waals surface area (Å²) in [6.45, 7) is 0. The van der Waals surface area contributed by atoms with E-state index in [0.717, 1.165) is 0 Å². The van der Waals surface area contributed by atoms with Gasteiger partial charge in [0.25, 0.3) is 5.91 Å². The molecular formula is C17H12Cl4N4O2. The van der Waals surface area contributed by atoms with Crippen LogP contribution in [0.15, 0.2) is 42.5 Å². The molecule has 3 rings (SSSR count). The molecule has 3 aromatic rings. The Morgan fingerprint density at radius 2 is 1.81 bits per heavy atom. The largest absolute Gasteiger partial charge is 0.466 e. The number of ether oxygens (including phenoxy) is 1. The van der Waals surface area contributed by atoms with Gasteiger partial charge in [0.1, 0.15) is 0 Å². The average Bonchev–Trinajstić information content (AvgIpc) is 3.09. The molecule has 0 aliphatic rings. The number of anilines is 1. The molecule has 140 valence electrons. The van der Waals surface area contributed by atoms with Crippen LogP contribution in [0.3, 0.4) is 0 Å². The molecular weight excluding hydrogens is 434 g/mol. The van der Waals surface area contributed by atoms with Gasteiger partial charge in [-0.1, -0.05) is 46.4 Å². The smallest absolute Gasteiger partial charge is 0.336 e. The highest BCUT2D eigenvalue weighted by atomic mass is 35.5. The number of carbonyl (C=O) groups excluding carboxylic acids is 1. The first kappa shape index (κ1) is 19.8. The van der Waals surface area contributed by atoms with Crippen LogP contribution < -0.4 is 10.1 Å². The summed E-state index contributed by atoms with van der Waals surface area (Å²) < 4.78 is 6.74. The van der Waals surface area contributed by atoms with Gasteiger partial charge in [-0.2, -0.15) is 4.98 Å². The Morgan fingerprint density at radius 1 is 1.11 bits per heavy atom. The Labute approximate surface area is 175 Å². The summed E-state index contributed by atoms with van der Waals surface area (Å²) in [6.07, 6.45) is 0. The number of nitrogens with zero attached hydrogens (tertiary/aromatic N) is 3. The molecule has 1 N–H and O–H groups in total. The molecule has 0 radical (unpaired) electrons. The van der Waals surface area contributed by atoms with Gasteiger partial charge in [-0.25, -0.2) is 4.68 Å². The minimum Gasteiger partial charge on any atom is -0.466 e. The lowest BCUT2D eigenvalue weighted by molar-refractivity contribution is -0.114. The molecule has 1 aromatic heterocycles. The molecule has 0 aliphatic heterocycles. The Bertz CT molecular complexity index is 974. The quantitative estimate of drug-likeness (QED) is 0.561. The lowest BCUT2D eigenvalue weighted by atomic mass is 10.2. The Balaban J connectivity index is 1.97. The number of amides is 1. The van der Waals surface area contributed by atoms with Crippen molar-refractivity contribution >= 4 is 58.0 Å². The van der Waals surface area contributed by atoms with Crippen molar-refractivity contribution in [1.82, 2.24) is 14.8 Å². The molecule has 0 spiro atoms.